The second-order valence-electron chi connectivity index (χ2n) is 18.9. The molecule has 0 bridgehead atoms. The Morgan fingerprint density at radius 2 is 0.824 bits per heavy atom. The zero-order chi connectivity index (χ0) is 35.7. The fourth-order valence-corrected chi connectivity index (χ4v) is 20.6. The van der Waals surface area contributed by atoms with E-state index in [0.29, 0.717) is 11.1 Å². The SMILES string of the molecule is CC1=Cc2c(-c3ccc(C(C)(C)C)cc3)cccc2C1[Si](C1CCCC1)(C1CCCC1)C1C(C)=Cc2c(-c3ccc(C(C)(C)C)cc3)cccc21. The third kappa shape index (κ3) is 5.78. The van der Waals surface area contributed by atoms with Crippen LogP contribution in [0.3, 0.4) is 0 Å². The highest BCUT2D eigenvalue weighted by Crippen LogP contribution is 2.67. The molecule has 0 N–H and O–H groups in total. The zero-order valence-corrected chi connectivity index (χ0v) is 33.7. The average molecular weight is 689 g/mol. The molecule has 0 aliphatic heterocycles. The molecule has 2 atom stereocenters. The molecule has 4 aliphatic carbocycles. The monoisotopic (exact) mass is 688 g/mol. The van der Waals surface area contributed by atoms with Crippen LogP contribution in [0.25, 0.3) is 34.4 Å². The Hall–Kier alpha value is -3.42. The van der Waals surface area contributed by atoms with Crippen LogP contribution in [0.15, 0.2) is 96.1 Å². The summed E-state index contributed by atoms with van der Waals surface area (Å²) in [6.45, 7) is 19.0. The van der Waals surface area contributed by atoms with E-state index in [4.69, 9.17) is 0 Å². The summed E-state index contributed by atoms with van der Waals surface area (Å²) in [5.41, 5.74) is 21.2. The van der Waals surface area contributed by atoms with Crippen LogP contribution in [0.2, 0.25) is 11.1 Å². The molecule has 2 unspecified atom stereocenters. The maximum atomic E-state index is 2.65. The molecule has 0 saturated heterocycles. The molecule has 4 aliphatic rings. The standard InChI is InChI=1S/C50H60Si/c1-33-31-45-41(35-23-27-37(28-24-35)49(3,4)5)19-13-21-43(45)47(33)51(39-15-9-10-16-39,40-17-11-12-18-40)48-34(2)32-46-42(20-14-22-44(46)48)36-25-29-38(30-26-36)50(6,7)8/h13-14,19-32,39-40,47-48H,9-12,15-18H2,1-8H3. The molecule has 1 heteroatoms. The summed E-state index contributed by atoms with van der Waals surface area (Å²) < 4.78 is 0. The Labute approximate surface area is 310 Å². The molecule has 0 nitrogen and oxygen atoms in total. The maximum absolute atomic E-state index is 2.65. The molecule has 8 rings (SSSR count). The van der Waals surface area contributed by atoms with Gasteiger partial charge in [0.2, 0.25) is 0 Å². The van der Waals surface area contributed by atoms with Crippen molar-refractivity contribution < 1.29 is 0 Å². The van der Waals surface area contributed by atoms with Crippen molar-refractivity contribution in [1.82, 2.24) is 0 Å². The molecule has 0 radical (unpaired) electrons. The molecule has 51 heavy (non-hydrogen) atoms. The second-order valence-corrected chi connectivity index (χ2v) is 23.7. The highest BCUT2D eigenvalue weighted by molar-refractivity contribution is 6.86. The van der Waals surface area contributed by atoms with Crippen LogP contribution >= 0.6 is 0 Å². The van der Waals surface area contributed by atoms with Gasteiger partial charge in [-0.2, -0.15) is 0 Å². The normalized spacial score (nSPS) is 21.2. The van der Waals surface area contributed by atoms with Crippen molar-refractivity contribution in [2.45, 2.75) is 140 Å². The van der Waals surface area contributed by atoms with Crippen molar-refractivity contribution >= 4 is 20.2 Å². The molecular weight excluding hydrogens is 629 g/mol. The zero-order valence-electron chi connectivity index (χ0n) is 32.7. The maximum Gasteiger partial charge on any atom is 0.0841 e. The molecule has 4 aromatic carbocycles. The summed E-state index contributed by atoms with van der Waals surface area (Å²) in [6.07, 6.45) is 16.7. The van der Waals surface area contributed by atoms with Gasteiger partial charge in [0.05, 0.1) is 8.07 Å². The lowest BCUT2D eigenvalue weighted by Gasteiger charge is -2.53. The Balaban J connectivity index is 1.30. The minimum absolute atomic E-state index is 0.158. The van der Waals surface area contributed by atoms with Crippen LogP contribution in [0, 0.1) is 0 Å². The van der Waals surface area contributed by atoms with Crippen LogP contribution in [0.1, 0.15) is 151 Å². The largest absolute Gasteiger partial charge is 0.0841 e. The summed E-state index contributed by atoms with van der Waals surface area (Å²) >= 11 is 0. The first-order chi connectivity index (χ1) is 24.4. The first-order valence-corrected chi connectivity index (χ1v) is 22.5. The van der Waals surface area contributed by atoms with Gasteiger partial charge in [0.1, 0.15) is 0 Å². The molecule has 0 amide bonds. The van der Waals surface area contributed by atoms with E-state index in [1.54, 1.807) is 22.3 Å². The number of allylic oxidation sites excluding steroid dienone is 2. The van der Waals surface area contributed by atoms with E-state index in [-0.39, 0.29) is 10.8 Å². The van der Waals surface area contributed by atoms with Gasteiger partial charge in [0.15, 0.2) is 0 Å². The van der Waals surface area contributed by atoms with Crippen LogP contribution in [-0.2, 0) is 10.8 Å². The predicted molar refractivity (Wildman–Crippen MR) is 224 cm³/mol. The fraction of sp³-hybridized carbons (Fsp3) is 0.440. The third-order valence-corrected chi connectivity index (χ3v) is 21.3. The van der Waals surface area contributed by atoms with Crippen LogP contribution < -0.4 is 0 Å². The molecule has 264 valence electrons. The van der Waals surface area contributed by atoms with Crippen molar-refractivity contribution in [3.05, 3.63) is 129 Å². The van der Waals surface area contributed by atoms with Gasteiger partial charge >= 0.3 is 0 Å². The van der Waals surface area contributed by atoms with Crippen LogP contribution in [-0.4, -0.2) is 8.07 Å². The van der Waals surface area contributed by atoms with Gasteiger partial charge in [-0.05, 0) is 91.4 Å². The lowest BCUT2D eigenvalue weighted by atomic mass is 9.86. The molecule has 2 fully saturated rings. The minimum Gasteiger partial charge on any atom is -0.0678 e. The molecule has 0 heterocycles. The number of rotatable bonds is 6. The lowest BCUT2D eigenvalue weighted by Crippen LogP contribution is -2.55. The van der Waals surface area contributed by atoms with E-state index in [2.05, 4.69) is 152 Å². The van der Waals surface area contributed by atoms with E-state index >= 15 is 0 Å². The highest BCUT2D eigenvalue weighted by atomic mass is 28.3. The van der Waals surface area contributed by atoms with Gasteiger partial charge < -0.3 is 0 Å². The van der Waals surface area contributed by atoms with Crippen molar-refractivity contribution in [2.24, 2.45) is 0 Å². The summed E-state index contributed by atoms with van der Waals surface area (Å²) in [5.74, 6) is 0. The molecule has 4 aromatic rings. The van der Waals surface area contributed by atoms with Crippen molar-refractivity contribution in [3.8, 4) is 22.3 Å². The Kier molecular flexibility index (Phi) is 8.77. The van der Waals surface area contributed by atoms with Gasteiger partial charge in [0, 0.05) is 11.1 Å². The van der Waals surface area contributed by atoms with Crippen molar-refractivity contribution in [1.29, 1.82) is 0 Å². The van der Waals surface area contributed by atoms with Gasteiger partial charge in [-0.1, -0.05) is 201 Å². The Morgan fingerprint density at radius 1 is 0.471 bits per heavy atom. The third-order valence-electron chi connectivity index (χ3n) is 13.8. The van der Waals surface area contributed by atoms with E-state index < -0.39 is 8.07 Å². The number of benzene rings is 4. The van der Waals surface area contributed by atoms with Gasteiger partial charge in [-0.15, -0.1) is 0 Å². The molecule has 2 saturated carbocycles. The summed E-state index contributed by atoms with van der Waals surface area (Å²) in [6, 6.07) is 33.8. The number of hydrogen-bond acceptors (Lipinski definition) is 0. The van der Waals surface area contributed by atoms with Crippen molar-refractivity contribution in [3.63, 3.8) is 0 Å². The van der Waals surface area contributed by atoms with E-state index in [9.17, 15) is 0 Å². The molecular formula is C50H60Si. The average Bonchev–Trinajstić information content (AvgIpc) is 3.93. The minimum atomic E-state index is -2.14. The van der Waals surface area contributed by atoms with E-state index in [1.807, 2.05) is 0 Å². The Morgan fingerprint density at radius 3 is 1.16 bits per heavy atom. The summed E-state index contributed by atoms with van der Waals surface area (Å²) in [7, 11) is -2.14. The smallest absolute Gasteiger partial charge is 0.0678 e. The number of fused-ring (bicyclic) bond motifs is 2. The Bertz CT molecular complexity index is 1830. The quantitative estimate of drug-likeness (QED) is 0.177. The topological polar surface area (TPSA) is 0 Å². The van der Waals surface area contributed by atoms with E-state index in [1.165, 1.54) is 95.9 Å². The fourth-order valence-electron chi connectivity index (χ4n) is 11.5. The van der Waals surface area contributed by atoms with Gasteiger partial charge in [-0.25, -0.2) is 0 Å². The van der Waals surface area contributed by atoms with Gasteiger partial charge in [-0.3, -0.25) is 0 Å². The van der Waals surface area contributed by atoms with Crippen LogP contribution in [0.5, 0.6) is 0 Å². The lowest BCUT2D eigenvalue weighted by molar-refractivity contribution is 0.590. The number of hydrogen-bond donors (Lipinski definition) is 0. The first kappa shape index (κ1) is 34.7. The second kappa shape index (κ2) is 12.9. The van der Waals surface area contributed by atoms with E-state index in [0.717, 1.165) is 11.1 Å². The molecule has 0 aromatic heterocycles. The predicted octanol–water partition coefficient (Wildman–Crippen LogP) is 14.7. The highest BCUT2D eigenvalue weighted by Gasteiger charge is 2.61. The molecule has 0 spiro atoms. The van der Waals surface area contributed by atoms with Crippen LogP contribution in [0.4, 0.5) is 0 Å². The van der Waals surface area contributed by atoms with Gasteiger partial charge in [0.25, 0.3) is 0 Å². The summed E-state index contributed by atoms with van der Waals surface area (Å²) in [4.78, 5) is 0. The first-order valence-electron chi connectivity index (χ1n) is 20.2. The summed E-state index contributed by atoms with van der Waals surface area (Å²) in [5, 5.41) is 0. The van der Waals surface area contributed by atoms with Crippen molar-refractivity contribution in [2.75, 3.05) is 0 Å².